The topological polar surface area (TPSA) is 40.5 Å². The van der Waals surface area contributed by atoms with E-state index >= 15 is 0 Å². The predicted octanol–water partition coefficient (Wildman–Crippen LogP) is 3.53. The molecule has 0 heterocycles. The highest BCUT2D eigenvalue weighted by Crippen LogP contribution is 2.39. The van der Waals surface area contributed by atoms with Crippen LogP contribution in [0.25, 0.3) is 0 Å². The first-order valence-electron chi connectivity index (χ1n) is 7.49. The predicted molar refractivity (Wildman–Crippen MR) is 74.8 cm³/mol. The lowest BCUT2D eigenvalue weighted by molar-refractivity contribution is -0.150. The summed E-state index contributed by atoms with van der Waals surface area (Å²) in [6.07, 6.45) is 7.52. The molecule has 0 spiro atoms. The molecule has 0 aliphatic heterocycles. The lowest BCUT2D eigenvalue weighted by atomic mass is 9.85. The lowest BCUT2D eigenvalue weighted by Gasteiger charge is -2.34. The number of hydrogen-bond donors (Lipinski definition) is 1. The van der Waals surface area contributed by atoms with Crippen LogP contribution in [0.2, 0.25) is 0 Å². The van der Waals surface area contributed by atoms with Gasteiger partial charge >= 0.3 is 5.97 Å². The van der Waals surface area contributed by atoms with Crippen molar-refractivity contribution in [1.82, 2.24) is 4.90 Å². The van der Waals surface area contributed by atoms with E-state index in [1.54, 1.807) is 0 Å². The Bertz CT molecular complexity index is 257. The van der Waals surface area contributed by atoms with Gasteiger partial charge in [0.25, 0.3) is 0 Å². The van der Waals surface area contributed by atoms with Gasteiger partial charge in [-0.05, 0) is 39.7 Å². The second-order valence-corrected chi connectivity index (χ2v) is 6.06. The number of carboxylic acids is 1. The van der Waals surface area contributed by atoms with E-state index < -0.39 is 11.4 Å². The van der Waals surface area contributed by atoms with Gasteiger partial charge in [0, 0.05) is 12.6 Å². The average Bonchev–Trinajstić information content (AvgIpc) is 2.77. The normalized spacial score (nSPS) is 18.7. The molecule has 0 amide bonds. The Labute approximate surface area is 112 Å². The van der Waals surface area contributed by atoms with Crippen LogP contribution in [-0.2, 0) is 4.79 Å². The van der Waals surface area contributed by atoms with Crippen molar-refractivity contribution in [3.63, 3.8) is 0 Å². The Kier molecular flexibility index (Phi) is 6.13. The lowest BCUT2D eigenvalue weighted by Crippen LogP contribution is -2.44. The van der Waals surface area contributed by atoms with Crippen molar-refractivity contribution < 1.29 is 9.90 Å². The molecule has 1 N–H and O–H groups in total. The molecule has 3 nitrogen and oxygen atoms in total. The molecule has 18 heavy (non-hydrogen) atoms. The van der Waals surface area contributed by atoms with Crippen LogP contribution >= 0.6 is 0 Å². The summed E-state index contributed by atoms with van der Waals surface area (Å²) >= 11 is 0. The maximum Gasteiger partial charge on any atom is 0.310 e. The molecular weight excluding hydrogens is 226 g/mol. The number of nitrogens with zero attached hydrogens (tertiary/aromatic N) is 1. The fourth-order valence-corrected chi connectivity index (χ4v) is 2.96. The van der Waals surface area contributed by atoms with E-state index in [0.29, 0.717) is 6.04 Å². The maximum atomic E-state index is 11.6. The van der Waals surface area contributed by atoms with Crippen LogP contribution in [0.3, 0.4) is 0 Å². The number of hydrogen-bond acceptors (Lipinski definition) is 2. The van der Waals surface area contributed by atoms with Crippen molar-refractivity contribution >= 4 is 5.97 Å². The van der Waals surface area contributed by atoms with E-state index in [0.717, 1.165) is 38.8 Å². The van der Waals surface area contributed by atoms with Gasteiger partial charge < -0.3 is 5.11 Å². The van der Waals surface area contributed by atoms with Crippen molar-refractivity contribution in [1.29, 1.82) is 0 Å². The summed E-state index contributed by atoms with van der Waals surface area (Å²) in [7, 11) is 0. The molecule has 0 bridgehead atoms. The molecule has 1 aliphatic rings. The third kappa shape index (κ3) is 3.98. The summed E-state index contributed by atoms with van der Waals surface area (Å²) in [6.45, 7) is 8.34. The highest BCUT2D eigenvalue weighted by molar-refractivity contribution is 5.75. The third-order valence-corrected chi connectivity index (χ3v) is 4.30. The summed E-state index contributed by atoms with van der Waals surface area (Å²) in [4.78, 5) is 14.0. The molecule has 0 aromatic rings. The Balaban J connectivity index is 2.60. The van der Waals surface area contributed by atoms with Crippen LogP contribution in [0.15, 0.2) is 0 Å². The van der Waals surface area contributed by atoms with E-state index in [-0.39, 0.29) is 0 Å². The second kappa shape index (κ2) is 7.13. The monoisotopic (exact) mass is 255 g/mol. The molecule has 0 atom stereocenters. The van der Waals surface area contributed by atoms with Gasteiger partial charge in [-0.15, -0.1) is 0 Å². The summed E-state index contributed by atoms with van der Waals surface area (Å²) in [5.74, 6) is -0.582. The van der Waals surface area contributed by atoms with Gasteiger partial charge in [-0.2, -0.15) is 0 Å². The number of rotatable bonds is 8. The SMILES string of the molecule is CCCCCN(CC1(C(=O)O)CCCC1)C(C)C. The Morgan fingerprint density at radius 2 is 1.89 bits per heavy atom. The zero-order valence-corrected chi connectivity index (χ0v) is 12.2. The molecule has 106 valence electrons. The van der Waals surface area contributed by atoms with E-state index in [2.05, 4.69) is 25.7 Å². The highest BCUT2D eigenvalue weighted by atomic mass is 16.4. The van der Waals surface area contributed by atoms with E-state index in [1.807, 2.05) is 0 Å². The summed E-state index contributed by atoms with van der Waals surface area (Å²) < 4.78 is 0. The van der Waals surface area contributed by atoms with Gasteiger partial charge in [0.2, 0.25) is 0 Å². The van der Waals surface area contributed by atoms with Gasteiger partial charge in [-0.3, -0.25) is 9.69 Å². The first-order valence-corrected chi connectivity index (χ1v) is 7.49. The average molecular weight is 255 g/mol. The van der Waals surface area contributed by atoms with E-state index in [9.17, 15) is 9.90 Å². The minimum absolute atomic E-state index is 0.443. The molecule has 0 saturated heterocycles. The van der Waals surface area contributed by atoms with Gasteiger partial charge in [0.15, 0.2) is 0 Å². The van der Waals surface area contributed by atoms with Gasteiger partial charge in [-0.25, -0.2) is 0 Å². The van der Waals surface area contributed by atoms with Crippen LogP contribution in [0.4, 0.5) is 0 Å². The van der Waals surface area contributed by atoms with Crippen LogP contribution in [0.1, 0.15) is 65.7 Å². The molecule has 1 rings (SSSR count). The highest BCUT2D eigenvalue weighted by Gasteiger charge is 2.42. The van der Waals surface area contributed by atoms with E-state index in [4.69, 9.17) is 0 Å². The van der Waals surface area contributed by atoms with Gasteiger partial charge in [0.05, 0.1) is 5.41 Å². The number of unbranched alkanes of at least 4 members (excludes halogenated alkanes) is 2. The number of carbonyl (C=O) groups is 1. The summed E-state index contributed by atoms with van der Waals surface area (Å²) in [6, 6.07) is 0.443. The zero-order valence-electron chi connectivity index (χ0n) is 12.2. The largest absolute Gasteiger partial charge is 0.481 e. The number of carboxylic acid groups (broad SMARTS) is 1. The minimum atomic E-state index is -0.582. The zero-order chi connectivity index (χ0) is 13.6. The van der Waals surface area contributed by atoms with Crippen LogP contribution in [0, 0.1) is 5.41 Å². The first-order chi connectivity index (χ1) is 8.52. The van der Waals surface area contributed by atoms with E-state index in [1.165, 1.54) is 19.3 Å². The third-order valence-electron chi connectivity index (χ3n) is 4.30. The van der Waals surface area contributed by atoms with Crippen molar-refractivity contribution in [3.05, 3.63) is 0 Å². The Hall–Kier alpha value is -0.570. The van der Waals surface area contributed by atoms with Gasteiger partial charge in [-0.1, -0.05) is 32.6 Å². The molecular formula is C15H29NO2. The van der Waals surface area contributed by atoms with Crippen molar-refractivity contribution in [2.24, 2.45) is 5.41 Å². The molecule has 0 radical (unpaired) electrons. The molecule has 1 saturated carbocycles. The van der Waals surface area contributed by atoms with Gasteiger partial charge in [0.1, 0.15) is 0 Å². The quantitative estimate of drug-likeness (QED) is 0.674. The second-order valence-electron chi connectivity index (χ2n) is 6.06. The smallest absolute Gasteiger partial charge is 0.310 e. The standard InChI is InChI=1S/C15H29NO2/c1-4-5-8-11-16(13(2)3)12-15(14(17)18)9-6-7-10-15/h13H,4-12H2,1-3H3,(H,17,18). The summed E-state index contributed by atoms with van der Waals surface area (Å²) in [5.41, 5.74) is -0.462. The fraction of sp³-hybridized carbons (Fsp3) is 0.933. The first kappa shape index (κ1) is 15.5. The minimum Gasteiger partial charge on any atom is -0.481 e. The molecule has 0 unspecified atom stereocenters. The van der Waals surface area contributed by atoms with Crippen molar-refractivity contribution in [2.45, 2.75) is 71.8 Å². The van der Waals surface area contributed by atoms with Crippen LogP contribution in [0.5, 0.6) is 0 Å². The molecule has 0 aromatic carbocycles. The molecule has 3 heteroatoms. The maximum absolute atomic E-state index is 11.6. The van der Waals surface area contributed by atoms with Crippen molar-refractivity contribution in [3.8, 4) is 0 Å². The Morgan fingerprint density at radius 1 is 1.28 bits per heavy atom. The summed E-state index contributed by atoms with van der Waals surface area (Å²) in [5, 5.41) is 9.54. The number of aliphatic carboxylic acids is 1. The van der Waals surface area contributed by atoms with Crippen LogP contribution < -0.4 is 0 Å². The van der Waals surface area contributed by atoms with Crippen molar-refractivity contribution in [2.75, 3.05) is 13.1 Å². The Morgan fingerprint density at radius 3 is 2.33 bits per heavy atom. The molecule has 1 fully saturated rings. The molecule has 0 aromatic heterocycles. The fourth-order valence-electron chi connectivity index (χ4n) is 2.96. The van der Waals surface area contributed by atoms with Crippen LogP contribution in [-0.4, -0.2) is 35.1 Å². The molecule has 1 aliphatic carbocycles.